The fourth-order valence-electron chi connectivity index (χ4n) is 2.31. The van der Waals surface area contributed by atoms with E-state index >= 15 is 0 Å². The van der Waals surface area contributed by atoms with Gasteiger partial charge < -0.3 is 10.2 Å². The van der Waals surface area contributed by atoms with Crippen molar-refractivity contribution in [3.63, 3.8) is 0 Å². The van der Waals surface area contributed by atoms with Crippen LogP contribution in [0, 0.1) is 5.92 Å². The number of carbonyl (C=O) groups excluding carboxylic acids is 2. The van der Waals surface area contributed by atoms with Crippen molar-refractivity contribution in [2.75, 3.05) is 7.05 Å². The summed E-state index contributed by atoms with van der Waals surface area (Å²) in [5, 5.41) is 4.50. The third-order valence-electron chi connectivity index (χ3n) is 3.68. The van der Waals surface area contributed by atoms with Crippen molar-refractivity contribution in [2.45, 2.75) is 33.0 Å². The van der Waals surface area contributed by atoms with Crippen LogP contribution in [-0.4, -0.2) is 39.4 Å². The SMILES string of the molecule is CC(C)C(NC(=O)c1cccs1)C(=O)N(C)Cc1nccn1C(F)F. The van der Waals surface area contributed by atoms with Crippen LogP contribution in [0.1, 0.15) is 35.9 Å². The maximum atomic E-state index is 12.9. The van der Waals surface area contributed by atoms with Gasteiger partial charge in [0.1, 0.15) is 11.9 Å². The molecule has 0 aliphatic carbocycles. The maximum absolute atomic E-state index is 12.9. The lowest BCUT2D eigenvalue weighted by atomic mass is 10.0. The van der Waals surface area contributed by atoms with Crippen LogP contribution < -0.4 is 5.32 Å². The summed E-state index contributed by atoms with van der Waals surface area (Å²) in [7, 11) is 1.50. The number of likely N-dealkylation sites (N-methyl/N-ethyl adjacent to an activating group) is 1. The number of nitrogens with zero attached hydrogens (tertiary/aromatic N) is 3. The fraction of sp³-hybridized carbons (Fsp3) is 0.438. The number of imidazole rings is 1. The molecule has 6 nitrogen and oxygen atoms in total. The molecule has 1 N–H and O–H groups in total. The Morgan fingerprint density at radius 2 is 2.12 bits per heavy atom. The fourth-order valence-corrected chi connectivity index (χ4v) is 2.93. The minimum atomic E-state index is -2.72. The first-order chi connectivity index (χ1) is 11.8. The van der Waals surface area contributed by atoms with Gasteiger partial charge in [-0.1, -0.05) is 19.9 Å². The smallest absolute Gasteiger partial charge is 0.319 e. The highest BCUT2D eigenvalue weighted by Crippen LogP contribution is 2.15. The summed E-state index contributed by atoms with van der Waals surface area (Å²) in [6.07, 6.45) is 2.43. The van der Waals surface area contributed by atoms with Gasteiger partial charge in [-0.2, -0.15) is 8.78 Å². The highest BCUT2D eigenvalue weighted by molar-refractivity contribution is 7.12. The zero-order valence-corrected chi connectivity index (χ0v) is 15.0. The molecule has 0 bridgehead atoms. The number of nitrogens with one attached hydrogen (secondary N) is 1. The van der Waals surface area contributed by atoms with E-state index in [9.17, 15) is 18.4 Å². The van der Waals surface area contributed by atoms with Gasteiger partial charge in [0.25, 0.3) is 5.91 Å². The Morgan fingerprint density at radius 1 is 1.40 bits per heavy atom. The van der Waals surface area contributed by atoms with E-state index in [-0.39, 0.29) is 30.1 Å². The Hall–Kier alpha value is -2.29. The Labute approximate surface area is 148 Å². The van der Waals surface area contributed by atoms with E-state index in [1.165, 1.54) is 29.5 Å². The average Bonchev–Trinajstić information content (AvgIpc) is 3.22. The molecular formula is C16H20F2N4O2S. The number of hydrogen-bond acceptors (Lipinski definition) is 4. The number of thiophene rings is 1. The van der Waals surface area contributed by atoms with Crippen molar-refractivity contribution in [1.82, 2.24) is 19.8 Å². The maximum Gasteiger partial charge on any atom is 0.319 e. The quantitative estimate of drug-likeness (QED) is 0.815. The molecule has 2 aromatic rings. The van der Waals surface area contributed by atoms with Gasteiger partial charge >= 0.3 is 6.55 Å². The average molecular weight is 370 g/mol. The van der Waals surface area contributed by atoms with E-state index in [1.807, 2.05) is 13.8 Å². The predicted octanol–water partition coefficient (Wildman–Crippen LogP) is 2.75. The van der Waals surface area contributed by atoms with Crippen LogP contribution in [0.4, 0.5) is 8.78 Å². The normalized spacial score (nSPS) is 12.4. The molecule has 136 valence electrons. The number of amides is 2. The van der Waals surface area contributed by atoms with Crippen LogP contribution >= 0.6 is 11.3 Å². The molecule has 0 spiro atoms. The van der Waals surface area contributed by atoms with E-state index in [0.717, 1.165) is 6.20 Å². The molecule has 9 heteroatoms. The summed E-state index contributed by atoms with van der Waals surface area (Å²) in [5.74, 6) is -0.764. The molecule has 0 aliphatic rings. The summed E-state index contributed by atoms with van der Waals surface area (Å²) in [6.45, 7) is 0.824. The molecule has 0 saturated heterocycles. The lowest BCUT2D eigenvalue weighted by Crippen LogP contribution is -2.50. The van der Waals surface area contributed by atoms with Crippen LogP contribution in [0.3, 0.4) is 0 Å². The van der Waals surface area contributed by atoms with Gasteiger partial charge in [-0.25, -0.2) is 4.98 Å². The zero-order valence-electron chi connectivity index (χ0n) is 14.1. The molecule has 0 aromatic carbocycles. The first kappa shape index (κ1) is 19.0. The van der Waals surface area contributed by atoms with Crippen LogP contribution in [-0.2, 0) is 11.3 Å². The van der Waals surface area contributed by atoms with E-state index in [1.54, 1.807) is 17.5 Å². The first-order valence-electron chi connectivity index (χ1n) is 7.70. The number of rotatable bonds is 7. The molecule has 0 aliphatic heterocycles. The van der Waals surface area contributed by atoms with Gasteiger partial charge in [0.2, 0.25) is 5.91 Å². The van der Waals surface area contributed by atoms with Crippen molar-refractivity contribution in [3.8, 4) is 0 Å². The summed E-state index contributed by atoms with van der Waals surface area (Å²) in [6, 6.07) is 2.67. The number of carbonyl (C=O) groups is 2. The largest absolute Gasteiger partial charge is 0.339 e. The van der Waals surface area contributed by atoms with Gasteiger partial charge in [-0.05, 0) is 17.4 Å². The van der Waals surface area contributed by atoms with Crippen LogP contribution in [0.15, 0.2) is 29.9 Å². The highest BCUT2D eigenvalue weighted by Gasteiger charge is 2.28. The minimum Gasteiger partial charge on any atom is -0.339 e. The molecule has 2 rings (SSSR count). The minimum absolute atomic E-state index is 0.0751. The lowest BCUT2D eigenvalue weighted by Gasteiger charge is -2.27. The molecule has 0 fully saturated rings. The highest BCUT2D eigenvalue weighted by atomic mass is 32.1. The topological polar surface area (TPSA) is 67.2 Å². The van der Waals surface area contributed by atoms with E-state index in [4.69, 9.17) is 0 Å². The number of halogens is 2. The Morgan fingerprint density at radius 3 is 2.68 bits per heavy atom. The van der Waals surface area contributed by atoms with Gasteiger partial charge in [0, 0.05) is 19.4 Å². The van der Waals surface area contributed by atoms with E-state index in [2.05, 4.69) is 10.3 Å². The van der Waals surface area contributed by atoms with Crippen molar-refractivity contribution in [3.05, 3.63) is 40.6 Å². The second-order valence-corrected chi connectivity index (χ2v) is 6.84. The lowest BCUT2D eigenvalue weighted by molar-refractivity contribution is -0.133. The molecule has 1 atom stereocenters. The number of hydrogen-bond donors (Lipinski definition) is 1. The summed E-state index contributed by atoms with van der Waals surface area (Å²) < 4.78 is 26.5. The van der Waals surface area contributed by atoms with Gasteiger partial charge in [0.15, 0.2) is 0 Å². The first-order valence-corrected chi connectivity index (χ1v) is 8.58. The van der Waals surface area contributed by atoms with Gasteiger partial charge in [-0.15, -0.1) is 11.3 Å². The number of alkyl halides is 2. The second-order valence-electron chi connectivity index (χ2n) is 5.90. The molecule has 0 radical (unpaired) electrons. The molecule has 1 unspecified atom stereocenters. The molecule has 2 amide bonds. The van der Waals surface area contributed by atoms with Gasteiger partial charge in [0.05, 0.1) is 11.4 Å². The second kappa shape index (κ2) is 8.19. The number of aromatic nitrogens is 2. The zero-order chi connectivity index (χ0) is 18.6. The predicted molar refractivity (Wildman–Crippen MR) is 90.4 cm³/mol. The molecule has 2 heterocycles. The van der Waals surface area contributed by atoms with E-state index in [0.29, 0.717) is 9.44 Å². The Kier molecular flexibility index (Phi) is 6.24. The van der Waals surface area contributed by atoms with Crippen molar-refractivity contribution in [2.24, 2.45) is 5.92 Å². The summed E-state index contributed by atoms with van der Waals surface area (Å²) in [5.41, 5.74) is 0. The van der Waals surface area contributed by atoms with Crippen molar-refractivity contribution >= 4 is 23.2 Å². The van der Waals surface area contributed by atoms with Crippen molar-refractivity contribution in [1.29, 1.82) is 0 Å². The van der Waals surface area contributed by atoms with Crippen molar-refractivity contribution < 1.29 is 18.4 Å². The van der Waals surface area contributed by atoms with Crippen LogP contribution in [0.25, 0.3) is 0 Å². The molecule has 2 aromatic heterocycles. The third kappa shape index (κ3) is 4.62. The van der Waals surface area contributed by atoms with Gasteiger partial charge in [-0.3, -0.25) is 14.2 Å². The summed E-state index contributed by atoms with van der Waals surface area (Å²) in [4.78, 5) is 30.6. The van der Waals surface area contributed by atoms with Crippen LogP contribution in [0.5, 0.6) is 0 Å². The molecule has 25 heavy (non-hydrogen) atoms. The molecular weight excluding hydrogens is 350 g/mol. The third-order valence-corrected chi connectivity index (χ3v) is 4.55. The Balaban J connectivity index is 2.08. The van der Waals surface area contributed by atoms with Crippen LogP contribution in [0.2, 0.25) is 0 Å². The van der Waals surface area contributed by atoms with E-state index < -0.39 is 12.6 Å². The Bertz CT molecular complexity index is 716. The summed E-state index contributed by atoms with van der Waals surface area (Å²) >= 11 is 1.28. The molecule has 0 saturated carbocycles. The standard InChI is InChI=1S/C16H20F2N4O2S/c1-10(2)13(20-14(23)11-5-4-8-25-11)15(24)21(3)9-12-19-6-7-22(12)16(17)18/h4-8,10,13,16H,9H2,1-3H3,(H,20,23). The monoisotopic (exact) mass is 370 g/mol.